The van der Waals surface area contributed by atoms with Crippen molar-refractivity contribution in [2.45, 2.75) is 32.9 Å². The summed E-state index contributed by atoms with van der Waals surface area (Å²) >= 11 is 0. The molecule has 2 heterocycles. The normalized spacial score (nSPS) is 14.5. The summed E-state index contributed by atoms with van der Waals surface area (Å²) in [5.74, 6) is 0.211. The molecule has 0 radical (unpaired) electrons. The van der Waals surface area contributed by atoms with Gasteiger partial charge in [-0.1, -0.05) is 48.5 Å². The minimum atomic E-state index is -0.495. The van der Waals surface area contributed by atoms with Crippen LogP contribution in [0.5, 0.6) is 0 Å². The predicted molar refractivity (Wildman–Crippen MR) is 157 cm³/mol. The summed E-state index contributed by atoms with van der Waals surface area (Å²) < 4.78 is 11.7. The molecule has 1 N–H and O–H groups in total. The Labute approximate surface area is 234 Å². The average Bonchev–Trinajstić information content (AvgIpc) is 3.35. The molecule has 0 spiro atoms. The summed E-state index contributed by atoms with van der Waals surface area (Å²) in [7, 11) is 0. The number of carbonyl (C=O) groups is 2. The molecule has 2 amide bonds. The second kappa shape index (κ2) is 11.8. The number of hydrogen-bond donors (Lipinski definition) is 1. The van der Waals surface area contributed by atoms with Crippen LogP contribution >= 0.6 is 0 Å². The van der Waals surface area contributed by atoms with Crippen LogP contribution in [-0.4, -0.2) is 58.6 Å². The first-order chi connectivity index (χ1) is 19.2. The van der Waals surface area contributed by atoms with E-state index in [-0.39, 0.29) is 12.0 Å². The van der Waals surface area contributed by atoms with Gasteiger partial charge in [-0.3, -0.25) is 9.69 Å². The molecule has 1 saturated heterocycles. The van der Waals surface area contributed by atoms with Gasteiger partial charge < -0.3 is 19.4 Å². The molecule has 0 aliphatic carbocycles. The topological polar surface area (TPSA) is 87.9 Å². The van der Waals surface area contributed by atoms with Crippen LogP contribution in [0.15, 0.2) is 83.3 Å². The van der Waals surface area contributed by atoms with Gasteiger partial charge in [0.05, 0.1) is 11.3 Å². The summed E-state index contributed by atoms with van der Waals surface area (Å²) in [4.78, 5) is 33.7. The highest BCUT2D eigenvalue weighted by atomic mass is 16.6. The van der Waals surface area contributed by atoms with E-state index in [1.165, 1.54) is 6.08 Å². The van der Waals surface area contributed by atoms with Gasteiger partial charge in [-0.25, -0.2) is 9.78 Å². The zero-order valence-corrected chi connectivity index (χ0v) is 23.1. The first kappa shape index (κ1) is 27.1. The number of amides is 2. The van der Waals surface area contributed by atoms with E-state index < -0.39 is 5.60 Å². The number of para-hydroxylation sites is 1. The SMILES string of the molecule is CC(C)(C)OC(=O)N1CCN(Cc2ccc3nc(-c4ccccc4NC(=O)/C=C/c4ccccc4)oc3c2)CC1. The quantitative estimate of drug-likeness (QED) is 0.294. The molecule has 1 aromatic heterocycles. The maximum atomic E-state index is 12.6. The Hall–Kier alpha value is -4.43. The minimum absolute atomic E-state index is 0.235. The first-order valence-electron chi connectivity index (χ1n) is 13.5. The maximum absolute atomic E-state index is 12.6. The van der Waals surface area contributed by atoms with E-state index in [1.54, 1.807) is 11.0 Å². The molecule has 40 heavy (non-hydrogen) atoms. The third-order valence-electron chi connectivity index (χ3n) is 6.53. The number of benzene rings is 3. The van der Waals surface area contributed by atoms with E-state index >= 15 is 0 Å². The number of piperazine rings is 1. The molecule has 5 rings (SSSR count). The number of hydrogen-bond acceptors (Lipinski definition) is 6. The maximum Gasteiger partial charge on any atom is 0.410 e. The zero-order valence-electron chi connectivity index (χ0n) is 23.1. The van der Waals surface area contributed by atoms with E-state index in [0.717, 1.165) is 36.3 Å². The third-order valence-corrected chi connectivity index (χ3v) is 6.53. The number of rotatable bonds is 6. The number of nitrogens with one attached hydrogen (secondary N) is 1. The van der Waals surface area contributed by atoms with Crippen LogP contribution in [-0.2, 0) is 16.1 Å². The zero-order chi connectivity index (χ0) is 28.1. The molecule has 1 fully saturated rings. The number of oxazole rings is 1. The fourth-order valence-electron chi connectivity index (χ4n) is 4.54. The molecule has 1 aliphatic heterocycles. The van der Waals surface area contributed by atoms with Crippen molar-refractivity contribution in [3.8, 4) is 11.5 Å². The predicted octanol–water partition coefficient (Wildman–Crippen LogP) is 6.20. The highest BCUT2D eigenvalue weighted by Gasteiger charge is 2.26. The van der Waals surface area contributed by atoms with Crippen LogP contribution < -0.4 is 5.32 Å². The van der Waals surface area contributed by atoms with Crippen LogP contribution in [0.2, 0.25) is 0 Å². The van der Waals surface area contributed by atoms with Gasteiger partial charge in [-0.2, -0.15) is 0 Å². The molecule has 0 saturated carbocycles. The molecule has 0 bridgehead atoms. The number of carbonyl (C=O) groups excluding carboxylic acids is 2. The number of nitrogens with zero attached hydrogens (tertiary/aromatic N) is 3. The van der Waals surface area contributed by atoms with Crippen molar-refractivity contribution in [3.63, 3.8) is 0 Å². The summed E-state index contributed by atoms with van der Waals surface area (Å²) in [6.45, 7) is 9.19. The van der Waals surface area contributed by atoms with Crippen LogP contribution in [0.1, 0.15) is 31.9 Å². The van der Waals surface area contributed by atoms with Crippen molar-refractivity contribution >= 4 is 34.9 Å². The van der Waals surface area contributed by atoms with E-state index in [1.807, 2.05) is 87.5 Å². The molecular weight excluding hydrogens is 504 g/mol. The van der Waals surface area contributed by atoms with Crippen molar-refractivity contribution in [2.75, 3.05) is 31.5 Å². The van der Waals surface area contributed by atoms with Crippen molar-refractivity contribution in [3.05, 3.63) is 90.0 Å². The van der Waals surface area contributed by atoms with E-state index in [2.05, 4.69) is 21.3 Å². The van der Waals surface area contributed by atoms with E-state index in [4.69, 9.17) is 9.15 Å². The van der Waals surface area contributed by atoms with Crippen LogP contribution in [0.4, 0.5) is 10.5 Å². The fourth-order valence-corrected chi connectivity index (χ4v) is 4.54. The Morgan fingerprint density at radius 3 is 2.45 bits per heavy atom. The van der Waals surface area contributed by atoms with Crippen LogP contribution in [0.3, 0.4) is 0 Å². The summed E-state index contributed by atoms with van der Waals surface area (Å²) in [6, 6.07) is 23.2. The van der Waals surface area contributed by atoms with Crippen LogP contribution in [0.25, 0.3) is 28.6 Å². The lowest BCUT2D eigenvalue weighted by atomic mass is 10.1. The Morgan fingerprint density at radius 2 is 1.70 bits per heavy atom. The van der Waals surface area contributed by atoms with Gasteiger partial charge in [-0.15, -0.1) is 0 Å². The van der Waals surface area contributed by atoms with Gasteiger partial charge in [0.25, 0.3) is 0 Å². The largest absolute Gasteiger partial charge is 0.444 e. The van der Waals surface area contributed by atoms with E-state index in [0.29, 0.717) is 35.8 Å². The molecule has 0 unspecified atom stereocenters. The highest BCUT2D eigenvalue weighted by molar-refractivity contribution is 6.04. The number of anilines is 1. The monoisotopic (exact) mass is 538 g/mol. The summed E-state index contributed by atoms with van der Waals surface area (Å²) in [5.41, 5.74) is 4.33. The first-order valence-corrected chi connectivity index (χ1v) is 13.5. The van der Waals surface area contributed by atoms with E-state index in [9.17, 15) is 9.59 Å². The molecule has 8 nitrogen and oxygen atoms in total. The Bertz CT molecular complexity index is 1510. The van der Waals surface area contributed by atoms with Gasteiger partial charge in [0.1, 0.15) is 11.1 Å². The Morgan fingerprint density at radius 1 is 0.975 bits per heavy atom. The molecule has 4 aromatic rings. The van der Waals surface area contributed by atoms with Gasteiger partial charge in [0.15, 0.2) is 5.58 Å². The lowest BCUT2D eigenvalue weighted by molar-refractivity contribution is -0.111. The Balaban J connectivity index is 1.24. The molecule has 1 aliphatic rings. The van der Waals surface area contributed by atoms with Crippen LogP contribution in [0, 0.1) is 0 Å². The van der Waals surface area contributed by atoms with Crippen molar-refractivity contribution in [2.24, 2.45) is 0 Å². The van der Waals surface area contributed by atoms with Crippen molar-refractivity contribution < 1.29 is 18.7 Å². The van der Waals surface area contributed by atoms with Crippen molar-refractivity contribution in [1.29, 1.82) is 0 Å². The smallest absolute Gasteiger partial charge is 0.410 e. The summed E-state index contributed by atoms with van der Waals surface area (Å²) in [6.07, 6.45) is 3.03. The Kier molecular flexibility index (Phi) is 7.98. The molecule has 206 valence electrons. The average molecular weight is 539 g/mol. The second-order valence-corrected chi connectivity index (χ2v) is 10.8. The fraction of sp³-hybridized carbons (Fsp3) is 0.281. The highest BCUT2D eigenvalue weighted by Crippen LogP contribution is 2.31. The van der Waals surface area contributed by atoms with Gasteiger partial charge in [0.2, 0.25) is 11.8 Å². The molecule has 8 heteroatoms. The lowest BCUT2D eigenvalue weighted by Gasteiger charge is -2.35. The number of fused-ring (bicyclic) bond motifs is 1. The molecular formula is C32H34N4O4. The lowest BCUT2D eigenvalue weighted by Crippen LogP contribution is -2.49. The molecule has 0 atom stereocenters. The minimum Gasteiger partial charge on any atom is -0.444 e. The third kappa shape index (κ3) is 6.95. The second-order valence-electron chi connectivity index (χ2n) is 10.8. The van der Waals surface area contributed by atoms with Gasteiger partial charge >= 0.3 is 6.09 Å². The number of aromatic nitrogens is 1. The molecule has 3 aromatic carbocycles. The van der Waals surface area contributed by atoms with Gasteiger partial charge in [0, 0.05) is 38.8 Å². The van der Waals surface area contributed by atoms with Crippen molar-refractivity contribution in [1.82, 2.24) is 14.8 Å². The standard InChI is InChI=1S/C32H34N4O4/c1-32(2,3)40-31(38)36-19-17-35(18-20-36)22-24-13-15-27-28(21-24)39-30(34-27)25-11-7-8-12-26(25)33-29(37)16-14-23-9-5-4-6-10-23/h4-16,21H,17-20,22H2,1-3H3,(H,33,37)/b16-14+. The van der Waals surface area contributed by atoms with Gasteiger partial charge in [-0.05, 0) is 62.2 Å². The summed E-state index contributed by atoms with van der Waals surface area (Å²) in [5, 5.41) is 2.94. The number of ether oxygens (including phenoxy) is 1.